The molecule has 2 aliphatic rings. The fourth-order valence-electron chi connectivity index (χ4n) is 3.56. The number of ether oxygens (including phenoxy) is 1. The highest BCUT2D eigenvalue weighted by Crippen LogP contribution is 2.49. The number of carbonyl (C=O) groups excluding carboxylic acids is 1. The Hall–Kier alpha value is -1.55. The number of nitrogens with zero attached hydrogens (tertiary/aromatic N) is 1. The van der Waals surface area contributed by atoms with E-state index in [4.69, 9.17) is 4.74 Å². The first-order valence-corrected chi connectivity index (χ1v) is 8.19. The van der Waals surface area contributed by atoms with Crippen LogP contribution in [0.3, 0.4) is 0 Å². The van der Waals surface area contributed by atoms with Crippen molar-refractivity contribution in [2.75, 3.05) is 20.3 Å². The van der Waals surface area contributed by atoms with E-state index in [9.17, 15) is 9.90 Å². The van der Waals surface area contributed by atoms with Crippen molar-refractivity contribution in [2.45, 2.75) is 38.1 Å². The lowest BCUT2D eigenvalue weighted by molar-refractivity contribution is -0.137. The molecule has 2 fully saturated rings. The van der Waals surface area contributed by atoms with Crippen molar-refractivity contribution < 1.29 is 14.6 Å². The molecule has 4 nitrogen and oxygen atoms in total. The van der Waals surface area contributed by atoms with Gasteiger partial charge in [-0.15, -0.1) is 0 Å². The lowest BCUT2D eigenvalue weighted by atomic mass is 9.93. The zero-order chi connectivity index (χ0) is 15.7. The second-order valence-electron chi connectivity index (χ2n) is 6.69. The standard InChI is InChI=1S/C18H25NO3/c1-12-6-7-13(11-20)10-19(12)18(21)17-9-16(17)14-4-3-5-15(8-14)22-2/h3-5,8,12-13,16-17,20H,6-7,9-11H2,1-2H3. The van der Waals surface area contributed by atoms with Gasteiger partial charge in [-0.1, -0.05) is 12.1 Å². The van der Waals surface area contributed by atoms with Crippen LogP contribution in [0.5, 0.6) is 5.75 Å². The van der Waals surface area contributed by atoms with Crippen molar-refractivity contribution in [3.8, 4) is 5.75 Å². The topological polar surface area (TPSA) is 49.8 Å². The molecule has 1 aliphatic carbocycles. The molecule has 1 amide bonds. The summed E-state index contributed by atoms with van der Waals surface area (Å²) in [6.07, 6.45) is 2.94. The Labute approximate surface area is 132 Å². The quantitative estimate of drug-likeness (QED) is 0.929. The predicted molar refractivity (Wildman–Crippen MR) is 84.8 cm³/mol. The minimum Gasteiger partial charge on any atom is -0.497 e. The monoisotopic (exact) mass is 303 g/mol. The summed E-state index contributed by atoms with van der Waals surface area (Å²) in [7, 11) is 1.67. The Morgan fingerprint density at radius 2 is 2.23 bits per heavy atom. The number of likely N-dealkylation sites (tertiary alicyclic amines) is 1. The third-order valence-corrected chi connectivity index (χ3v) is 5.15. The maximum Gasteiger partial charge on any atom is 0.226 e. The molecule has 22 heavy (non-hydrogen) atoms. The van der Waals surface area contributed by atoms with Crippen molar-refractivity contribution in [3.63, 3.8) is 0 Å². The Balaban J connectivity index is 1.66. The third-order valence-electron chi connectivity index (χ3n) is 5.15. The van der Waals surface area contributed by atoms with E-state index >= 15 is 0 Å². The minimum atomic E-state index is 0.104. The van der Waals surface area contributed by atoms with Crippen molar-refractivity contribution in [1.82, 2.24) is 4.90 Å². The highest BCUT2D eigenvalue weighted by Gasteiger charge is 2.47. The molecule has 0 spiro atoms. The third kappa shape index (κ3) is 2.98. The molecule has 0 bridgehead atoms. The van der Waals surface area contributed by atoms with Crippen LogP contribution in [0.15, 0.2) is 24.3 Å². The largest absolute Gasteiger partial charge is 0.497 e. The van der Waals surface area contributed by atoms with E-state index in [-0.39, 0.29) is 24.3 Å². The van der Waals surface area contributed by atoms with Crippen LogP contribution >= 0.6 is 0 Å². The van der Waals surface area contributed by atoms with Gasteiger partial charge in [0.25, 0.3) is 0 Å². The molecule has 1 heterocycles. The number of carbonyl (C=O) groups is 1. The number of aliphatic hydroxyl groups is 1. The van der Waals surface area contributed by atoms with Gasteiger partial charge in [0.1, 0.15) is 5.75 Å². The Bertz CT molecular complexity index is 545. The van der Waals surface area contributed by atoms with E-state index in [2.05, 4.69) is 13.0 Å². The van der Waals surface area contributed by atoms with Gasteiger partial charge in [0, 0.05) is 25.1 Å². The zero-order valence-electron chi connectivity index (χ0n) is 13.4. The molecule has 1 N–H and O–H groups in total. The van der Waals surface area contributed by atoms with Gasteiger partial charge in [0.15, 0.2) is 0 Å². The molecule has 1 saturated heterocycles. The molecule has 0 radical (unpaired) electrons. The number of aliphatic hydroxyl groups excluding tert-OH is 1. The Morgan fingerprint density at radius 1 is 1.41 bits per heavy atom. The van der Waals surface area contributed by atoms with Crippen LogP contribution in [-0.4, -0.2) is 42.2 Å². The van der Waals surface area contributed by atoms with Crippen LogP contribution < -0.4 is 4.74 Å². The van der Waals surface area contributed by atoms with Gasteiger partial charge in [0.05, 0.1) is 7.11 Å². The number of benzene rings is 1. The summed E-state index contributed by atoms with van der Waals surface area (Å²) in [5.41, 5.74) is 1.20. The molecule has 120 valence electrons. The molecule has 1 aromatic rings. The second-order valence-corrected chi connectivity index (χ2v) is 6.69. The van der Waals surface area contributed by atoms with Crippen LogP contribution in [0.1, 0.15) is 37.7 Å². The molecule has 1 aromatic carbocycles. The molecular formula is C18H25NO3. The Morgan fingerprint density at radius 3 is 2.95 bits per heavy atom. The molecule has 4 unspecified atom stereocenters. The van der Waals surface area contributed by atoms with Gasteiger partial charge >= 0.3 is 0 Å². The van der Waals surface area contributed by atoms with E-state index in [1.165, 1.54) is 5.56 Å². The van der Waals surface area contributed by atoms with Crippen molar-refractivity contribution in [1.29, 1.82) is 0 Å². The van der Waals surface area contributed by atoms with Crippen molar-refractivity contribution >= 4 is 5.91 Å². The first kappa shape index (κ1) is 15.3. The molecule has 0 aromatic heterocycles. The first-order chi connectivity index (χ1) is 10.6. The van der Waals surface area contributed by atoms with Crippen molar-refractivity contribution in [2.24, 2.45) is 11.8 Å². The van der Waals surface area contributed by atoms with Crippen LogP contribution in [0.25, 0.3) is 0 Å². The van der Waals surface area contributed by atoms with E-state index in [1.54, 1.807) is 7.11 Å². The summed E-state index contributed by atoms with van der Waals surface area (Å²) in [6, 6.07) is 8.33. The first-order valence-electron chi connectivity index (χ1n) is 8.19. The van der Waals surface area contributed by atoms with Crippen LogP contribution in [0, 0.1) is 11.8 Å². The normalized spacial score (nSPS) is 31.0. The van der Waals surface area contributed by atoms with Crippen molar-refractivity contribution in [3.05, 3.63) is 29.8 Å². The average Bonchev–Trinajstić information content (AvgIpc) is 3.35. The average molecular weight is 303 g/mol. The maximum atomic E-state index is 12.8. The van der Waals surface area contributed by atoms with Gasteiger partial charge in [0.2, 0.25) is 5.91 Å². The molecular weight excluding hydrogens is 278 g/mol. The lowest BCUT2D eigenvalue weighted by Gasteiger charge is -2.37. The van der Waals surface area contributed by atoms with E-state index < -0.39 is 0 Å². The fraction of sp³-hybridized carbons (Fsp3) is 0.611. The van der Waals surface area contributed by atoms with Gasteiger partial charge in [-0.3, -0.25) is 4.79 Å². The van der Waals surface area contributed by atoms with Gasteiger partial charge in [-0.05, 0) is 55.7 Å². The summed E-state index contributed by atoms with van der Waals surface area (Å²) in [4.78, 5) is 14.8. The van der Waals surface area contributed by atoms with E-state index in [1.807, 2.05) is 23.1 Å². The predicted octanol–water partition coefficient (Wildman–Crippen LogP) is 2.42. The number of rotatable bonds is 4. The van der Waals surface area contributed by atoms with Crippen LogP contribution in [-0.2, 0) is 4.79 Å². The summed E-state index contributed by atoms with van der Waals surface area (Å²) >= 11 is 0. The van der Waals surface area contributed by atoms with Gasteiger partial charge in [-0.25, -0.2) is 0 Å². The molecule has 4 heteroatoms. The van der Waals surface area contributed by atoms with E-state index in [0.717, 1.165) is 25.0 Å². The number of piperidine rings is 1. The highest BCUT2D eigenvalue weighted by molar-refractivity contribution is 5.83. The summed E-state index contributed by atoms with van der Waals surface area (Å²) in [5, 5.41) is 9.37. The SMILES string of the molecule is COc1cccc(C2CC2C(=O)N2CC(CO)CCC2C)c1. The number of hydrogen-bond donors (Lipinski definition) is 1. The zero-order valence-corrected chi connectivity index (χ0v) is 13.4. The molecule has 1 aliphatic heterocycles. The summed E-state index contributed by atoms with van der Waals surface area (Å²) in [6.45, 7) is 3.01. The number of methoxy groups -OCH3 is 1. The molecule has 3 rings (SSSR count). The number of hydrogen-bond acceptors (Lipinski definition) is 3. The summed E-state index contributed by atoms with van der Waals surface area (Å²) in [5.74, 6) is 1.78. The minimum absolute atomic E-state index is 0.104. The van der Waals surface area contributed by atoms with Crippen LogP contribution in [0.4, 0.5) is 0 Å². The number of amides is 1. The fourth-order valence-corrected chi connectivity index (χ4v) is 3.56. The highest BCUT2D eigenvalue weighted by atomic mass is 16.5. The molecule has 4 atom stereocenters. The molecule has 1 saturated carbocycles. The van der Waals surface area contributed by atoms with E-state index in [0.29, 0.717) is 18.5 Å². The summed E-state index contributed by atoms with van der Waals surface area (Å²) < 4.78 is 5.27. The maximum absolute atomic E-state index is 12.8. The second kappa shape index (κ2) is 6.29. The smallest absolute Gasteiger partial charge is 0.226 e. The Kier molecular flexibility index (Phi) is 4.39. The van der Waals surface area contributed by atoms with Gasteiger partial charge < -0.3 is 14.7 Å². The van der Waals surface area contributed by atoms with Crippen LogP contribution in [0.2, 0.25) is 0 Å². The lowest BCUT2D eigenvalue weighted by Crippen LogP contribution is -2.47. The van der Waals surface area contributed by atoms with Gasteiger partial charge in [-0.2, -0.15) is 0 Å².